The Morgan fingerprint density at radius 2 is 0.750 bits per heavy atom. The molecule has 10 aromatic rings. The van der Waals surface area contributed by atoms with Crippen LogP contribution in [-0.4, -0.2) is 15.0 Å². The van der Waals surface area contributed by atoms with E-state index in [9.17, 15) is 0 Å². The highest BCUT2D eigenvalue weighted by molar-refractivity contribution is 7.26. The molecule has 0 saturated carbocycles. The Kier molecular flexibility index (Phi) is 6.22. The van der Waals surface area contributed by atoms with E-state index in [0.717, 1.165) is 27.8 Å². The van der Waals surface area contributed by atoms with Gasteiger partial charge in [-0.15, -0.1) is 22.7 Å². The van der Waals surface area contributed by atoms with Gasteiger partial charge in [0.15, 0.2) is 17.5 Å². The van der Waals surface area contributed by atoms with Gasteiger partial charge >= 0.3 is 0 Å². The van der Waals surface area contributed by atoms with Crippen molar-refractivity contribution in [2.24, 2.45) is 0 Å². The van der Waals surface area contributed by atoms with Crippen LogP contribution in [0.1, 0.15) is 0 Å². The molecule has 10 rings (SSSR count). The van der Waals surface area contributed by atoms with Crippen molar-refractivity contribution in [3.8, 4) is 45.3 Å². The fourth-order valence-corrected chi connectivity index (χ4v) is 8.99. The van der Waals surface area contributed by atoms with Crippen LogP contribution >= 0.6 is 22.7 Å². The maximum absolute atomic E-state index is 5.13. The summed E-state index contributed by atoms with van der Waals surface area (Å²) in [5.41, 5.74) is 5.20. The smallest absolute Gasteiger partial charge is 0.164 e. The van der Waals surface area contributed by atoms with E-state index in [-0.39, 0.29) is 0 Å². The predicted octanol–water partition coefficient (Wildman–Crippen LogP) is 12.4. The Morgan fingerprint density at radius 3 is 1.38 bits per heavy atom. The summed E-state index contributed by atoms with van der Waals surface area (Å²) < 4.78 is 5.01. The third-order valence-corrected chi connectivity index (χ3v) is 11.4. The molecular formula is C43H25N3S2. The van der Waals surface area contributed by atoms with E-state index in [1.165, 1.54) is 51.1 Å². The molecule has 3 heterocycles. The maximum atomic E-state index is 5.13. The van der Waals surface area contributed by atoms with Crippen LogP contribution in [-0.2, 0) is 0 Å². The first-order chi connectivity index (χ1) is 23.7. The largest absolute Gasteiger partial charge is 0.208 e. The summed E-state index contributed by atoms with van der Waals surface area (Å²) in [7, 11) is 0. The van der Waals surface area contributed by atoms with Gasteiger partial charge in [-0.1, -0.05) is 115 Å². The number of rotatable bonds is 4. The van der Waals surface area contributed by atoms with Gasteiger partial charge in [0.2, 0.25) is 0 Å². The molecular weight excluding hydrogens is 623 g/mol. The number of thiophene rings is 2. The topological polar surface area (TPSA) is 38.7 Å². The Bertz CT molecular complexity index is 2730. The summed E-state index contributed by atoms with van der Waals surface area (Å²) in [4.78, 5) is 15.4. The Labute approximate surface area is 284 Å². The second-order valence-electron chi connectivity index (χ2n) is 12.1. The molecule has 0 bridgehead atoms. The summed E-state index contributed by atoms with van der Waals surface area (Å²) in [5, 5.41) is 7.53. The second kappa shape index (κ2) is 10.9. The molecule has 0 aliphatic carbocycles. The summed E-state index contributed by atoms with van der Waals surface area (Å²) in [6, 6.07) is 53.9. The monoisotopic (exact) mass is 647 g/mol. The van der Waals surface area contributed by atoms with E-state index in [2.05, 4.69) is 152 Å². The second-order valence-corrected chi connectivity index (χ2v) is 14.2. The number of aromatic nitrogens is 3. The first-order valence-electron chi connectivity index (χ1n) is 15.9. The average Bonchev–Trinajstić information content (AvgIpc) is 3.72. The molecule has 0 aliphatic heterocycles. The van der Waals surface area contributed by atoms with Gasteiger partial charge in [0.25, 0.3) is 0 Å². The van der Waals surface area contributed by atoms with Crippen molar-refractivity contribution in [2.45, 2.75) is 0 Å². The van der Waals surface area contributed by atoms with Crippen molar-refractivity contribution in [1.82, 2.24) is 15.0 Å². The van der Waals surface area contributed by atoms with Crippen molar-refractivity contribution < 1.29 is 0 Å². The molecule has 3 aromatic heterocycles. The molecule has 3 nitrogen and oxygen atoms in total. The Balaban J connectivity index is 1.15. The maximum Gasteiger partial charge on any atom is 0.164 e. The molecule has 0 fully saturated rings. The van der Waals surface area contributed by atoms with Crippen molar-refractivity contribution in [3.63, 3.8) is 0 Å². The minimum Gasteiger partial charge on any atom is -0.208 e. The van der Waals surface area contributed by atoms with Crippen LogP contribution in [0.5, 0.6) is 0 Å². The molecule has 0 atom stereocenters. The van der Waals surface area contributed by atoms with Gasteiger partial charge in [0.1, 0.15) is 0 Å². The standard InChI is InChI=1S/C43H25N3S2/c1-2-9-27-22-29(17-16-26(27)8-1)28-10-7-11-30(23-28)41-44-42(31-18-20-35-33-12-3-5-14-37(33)47-39(35)24-31)46-43(45-41)32-19-21-36-34-13-4-6-15-38(34)48-40(36)25-32/h1-25H. The fourth-order valence-electron chi connectivity index (χ4n) is 6.70. The summed E-state index contributed by atoms with van der Waals surface area (Å²) in [6.45, 7) is 0. The van der Waals surface area contributed by atoms with Gasteiger partial charge in [-0.05, 0) is 58.3 Å². The minimum absolute atomic E-state index is 0.658. The molecule has 0 unspecified atom stereocenters. The van der Waals surface area contributed by atoms with Gasteiger partial charge in [0.05, 0.1) is 0 Å². The van der Waals surface area contributed by atoms with Crippen molar-refractivity contribution in [3.05, 3.63) is 152 Å². The third kappa shape index (κ3) is 4.59. The molecule has 0 N–H and O–H groups in total. The van der Waals surface area contributed by atoms with E-state index in [1.54, 1.807) is 22.7 Å². The lowest BCUT2D eigenvalue weighted by Gasteiger charge is -2.10. The van der Waals surface area contributed by atoms with Gasteiger partial charge in [-0.3, -0.25) is 0 Å². The van der Waals surface area contributed by atoms with Crippen molar-refractivity contribution in [2.75, 3.05) is 0 Å². The normalized spacial score (nSPS) is 11.8. The lowest BCUT2D eigenvalue weighted by molar-refractivity contribution is 1.08. The highest BCUT2D eigenvalue weighted by Gasteiger charge is 2.16. The number of hydrogen-bond donors (Lipinski definition) is 0. The van der Waals surface area contributed by atoms with Crippen molar-refractivity contribution >= 4 is 73.8 Å². The van der Waals surface area contributed by atoms with E-state index < -0.39 is 0 Å². The predicted molar refractivity (Wildman–Crippen MR) is 205 cm³/mol. The first-order valence-corrected chi connectivity index (χ1v) is 17.6. The van der Waals surface area contributed by atoms with Gasteiger partial charge in [-0.25, -0.2) is 15.0 Å². The molecule has 224 valence electrons. The molecule has 7 aromatic carbocycles. The lowest BCUT2D eigenvalue weighted by Crippen LogP contribution is -2.00. The molecule has 0 saturated heterocycles. The highest BCUT2D eigenvalue weighted by Crippen LogP contribution is 2.38. The van der Waals surface area contributed by atoms with Crippen LogP contribution in [0.4, 0.5) is 0 Å². The van der Waals surface area contributed by atoms with Gasteiger partial charge in [0, 0.05) is 57.0 Å². The molecule has 0 radical (unpaired) electrons. The number of fused-ring (bicyclic) bond motifs is 7. The SMILES string of the molecule is c1cc(-c2ccc3ccccc3c2)cc(-c2nc(-c3ccc4c(c3)sc3ccccc34)nc(-c3ccc4c(c3)sc3ccccc34)n2)c1. The number of benzene rings is 7. The summed E-state index contributed by atoms with van der Waals surface area (Å²) in [6.07, 6.45) is 0. The minimum atomic E-state index is 0.658. The molecule has 0 spiro atoms. The van der Waals surface area contributed by atoms with Crippen LogP contribution in [0, 0.1) is 0 Å². The highest BCUT2D eigenvalue weighted by atomic mass is 32.1. The Hall–Kier alpha value is -5.75. The van der Waals surface area contributed by atoms with Crippen LogP contribution in [0.25, 0.3) is 96.4 Å². The zero-order chi connectivity index (χ0) is 31.6. The summed E-state index contributed by atoms with van der Waals surface area (Å²) in [5.74, 6) is 1.99. The van der Waals surface area contributed by atoms with Crippen LogP contribution < -0.4 is 0 Å². The quantitative estimate of drug-likeness (QED) is 0.191. The average molecular weight is 648 g/mol. The fraction of sp³-hybridized carbons (Fsp3) is 0. The lowest BCUT2D eigenvalue weighted by atomic mass is 9.99. The molecule has 0 aliphatic rings. The van der Waals surface area contributed by atoms with E-state index >= 15 is 0 Å². The third-order valence-electron chi connectivity index (χ3n) is 9.11. The number of hydrogen-bond acceptors (Lipinski definition) is 5. The number of nitrogens with zero attached hydrogens (tertiary/aromatic N) is 3. The molecule has 5 heteroatoms. The zero-order valence-corrected chi connectivity index (χ0v) is 27.2. The van der Waals surface area contributed by atoms with Gasteiger partial charge < -0.3 is 0 Å². The Morgan fingerprint density at radius 1 is 0.292 bits per heavy atom. The van der Waals surface area contributed by atoms with E-state index in [0.29, 0.717) is 17.5 Å². The van der Waals surface area contributed by atoms with Crippen LogP contribution in [0.3, 0.4) is 0 Å². The van der Waals surface area contributed by atoms with Crippen LogP contribution in [0.2, 0.25) is 0 Å². The van der Waals surface area contributed by atoms with Gasteiger partial charge in [-0.2, -0.15) is 0 Å². The van der Waals surface area contributed by atoms with E-state index in [4.69, 9.17) is 15.0 Å². The van der Waals surface area contributed by atoms with Crippen molar-refractivity contribution in [1.29, 1.82) is 0 Å². The molecule has 0 amide bonds. The van der Waals surface area contributed by atoms with Crippen LogP contribution in [0.15, 0.2) is 152 Å². The van der Waals surface area contributed by atoms with E-state index in [1.807, 2.05) is 0 Å². The first kappa shape index (κ1) is 27.4. The zero-order valence-electron chi connectivity index (χ0n) is 25.6. The summed E-state index contributed by atoms with van der Waals surface area (Å²) >= 11 is 3.61. The molecule has 48 heavy (non-hydrogen) atoms.